The quantitative estimate of drug-likeness (QED) is 0.584. The van der Waals surface area contributed by atoms with Crippen molar-refractivity contribution in [3.05, 3.63) is 30.1 Å². The molecule has 0 aliphatic carbocycles. The average Bonchev–Trinajstić information content (AvgIpc) is 2.29. The first-order chi connectivity index (χ1) is 8.09. The van der Waals surface area contributed by atoms with Gasteiger partial charge in [-0.05, 0) is 24.1 Å². The maximum absolute atomic E-state index is 11.4. The zero-order chi connectivity index (χ0) is 12.7. The van der Waals surface area contributed by atoms with E-state index in [9.17, 15) is 9.59 Å². The smallest absolute Gasteiger partial charge is 0.237 e. The Bertz CT molecular complexity index is 380. The molecular formula is C11H16N4O2. The second-order valence-electron chi connectivity index (χ2n) is 3.67. The van der Waals surface area contributed by atoms with Gasteiger partial charge in [0.1, 0.15) is 0 Å². The monoisotopic (exact) mass is 236 g/mol. The fourth-order valence-corrected chi connectivity index (χ4v) is 1.32. The highest BCUT2D eigenvalue weighted by Gasteiger charge is 2.14. The number of nitrogens with two attached hydrogens (primary N) is 2. The Morgan fingerprint density at radius 2 is 2.00 bits per heavy atom. The number of pyridine rings is 1. The maximum Gasteiger partial charge on any atom is 0.237 e. The zero-order valence-corrected chi connectivity index (χ0v) is 9.43. The molecule has 0 aliphatic heterocycles. The number of aromatic nitrogens is 1. The third-order valence-corrected chi connectivity index (χ3v) is 2.22. The Balaban J connectivity index is 2.27. The van der Waals surface area contributed by atoms with Gasteiger partial charge in [-0.15, -0.1) is 0 Å². The summed E-state index contributed by atoms with van der Waals surface area (Å²) in [6.07, 6.45) is 3.94. The molecule has 6 nitrogen and oxygen atoms in total. The normalized spacial score (nSPS) is 11.8. The van der Waals surface area contributed by atoms with E-state index in [-0.39, 0.29) is 12.3 Å². The summed E-state index contributed by atoms with van der Waals surface area (Å²) in [5.74, 6) is -0.945. The van der Waals surface area contributed by atoms with E-state index < -0.39 is 11.9 Å². The van der Waals surface area contributed by atoms with Crippen molar-refractivity contribution in [1.29, 1.82) is 0 Å². The molecule has 2 amide bonds. The fourth-order valence-electron chi connectivity index (χ4n) is 1.32. The Hall–Kier alpha value is -1.95. The average molecular weight is 236 g/mol. The molecule has 1 atom stereocenters. The van der Waals surface area contributed by atoms with Crippen molar-refractivity contribution in [2.24, 2.45) is 11.5 Å². The minimum absolute atomic E-state index is 0.138. The molecule has 1 aromatic rings. The number of hydrogen-bond donors (Lipinski definition) is 3. The molecule has 1 rings (SSSR count). The Morgan fingerprint density at radius 1 is 1.35 bits per heavy atom. The first-order valence-electron chi connectivity index (χ1n) is 5.30. The first kappa shape index (κ1) is 13.1. The van der Waals surface area contributed by atoms with Crippen LogP contribution in [0.4, 0.5) is 0 Å². The standard InChI is InChI=1S/C11H16N4O2/c12-9(7-10(13)16)11(17)15-6-3-8-1-4-14-5-2-8/h1-2,4-5,9H,3,6-7,12H2,(H2,13,16)(H,15,17). The van der Waals surface area contributed by atoms with Crippen LogP contribution < -0.4 is 16.8 Å². The van der Waals surface area contributed by atoms with Crippen molar-refractivity contribution in [2.75, 3.05) is 6.54 Å². The van der Waals surface area contributed by atoms with E-state index in [1.807, 2.05) is 12.1 Å². The Morgan fingerprint density at radius 3 is 2.59 bits per heavy atom. The van der Waals surface area contributed by atoms with Crippen LogP contribution in [-0.4, -0.2) is 29.4 Å². The topological polar surface area (TPSA) is 111 Å². The van der Waals surface area contributed by atoms with E-state index in [1.165, 1.54) is 0 Å². The predicted octanol–water partition coefficient (Wildman–Crippen LogP) is -1.06. The lowest BCUT2D eigenvalue weighted by Gasteiger charge is -2.10. The largest absolute Gasteiger partial charge is 0.370 e. The van der Waals surface area contributed by atoms with Gasteiger partial charge in [0.2, 0.25) is 11.8 Å². The van der Waals surface area contributed by atoms with Crippen molar-refractivity contribution >= 4 is 11.8 Å². The highest BCUT2D eigenvalue weighted by molar-refractivity contribution is 5.87. The number of amides is 2. The zero-order valence-electron chi connectivity index (χ0n) is 9.43. The molecule has 1 aromatic heterocycles. The van der Waals surface area contributed by atoms with Crippen LogP contribution in [0, 0.1) is 0 Å². The number of hydrogen-bond acceptors (Lipinski definition) is 4. The Kier molecular flexibility index (Phi) is 5.09. The third kappa shape index (κ3) is 5.07. The number of rotatable bonds is 6. The van der Waals surface area contributed by atoms with Crippen molar-refractivity contribution in [3.8, 4) is 0 Å². The molecular weight excluding hydrogens is 220 g/mol. The molecule has 0 saturated carbocycles. The van der Waals surface area contributed by atoms with Crippen molar-refractivity contribution in [2.45, 2.75) is 18.9 Å². The lowest BCUT2D eigenvalue weighted by Crippen LogP contribution is -2.43. The molecule has 1 heterocycles. The summed E-state index contributed by atoms with van der Waals surface area (Å²) >= 11 is 0. The molecule has 1 unspecified atom stereocenters. The number of carbonyl (C=O) groups is 2. The second kappa shape index (κ2) is 6.59. The molecule has 0 fully saturated rings. The fraction of sp³-hybridized carbons (Fsp3) is 0.364. The van der Waals surface area contributed by atoms with Gasteiger partial charge < -0.3 is 16.8 Å². The van der Waals surface area contributed by atoms with Crippen LogP contribution in [0.15, 0.2) is 24.5 Å². The number of nitrogens with one attached hydrogen (secondary N) is 1. The SMILES string of the molecule is NC(=O)CC(N)C(=O)NCCc1ccncc1. The van der Waals surface area contributed by atoms with E-state index in [0.29, 0.717) is 13.0 Å². The van der Waals surface area contributed by atoms with Crippen LogP contribution in [0.3, 0.4) is 0 Å². The van der Waals surface area contributed by atoms with Crippen LogP contribution in [0.2, 0.25) is 0 Å². The van der Waals surface area contributed by atoms with Crippen molar-refractivity contribution < 1.29 is 9.59 Å². The van der Waals surface area contributed by atoms with Crippen LogP contribution in [-0.2, 0) is 16.0 Å². The lowest BCUT2D eigenvalue weighted by atomic mass is 10.2. The van der Waals surface area contributed by atoms with Gasteiger partial charge in [0.15, 0.2) is 0 Å². The highest BCUT2D eigenvalue weighted by Crippen LogP contribution is 1.96. The number of carbonyl (C=O) groups excluding carboxylic acids is 2. The summed E-state index contributed by atoms with van der Waals surface area (Å²) in [7, 11) is 0. The van der Waals surface area contributed by atoms with Gasteiger partial charge in [-0.2, -0.15) is 0 Å². The molecule has 0 saturated heterocycles. The molecule has 92 valence electrons. The van der Waals surface area contributed by atoms with E-state index in [4.69, 9.17) is 11.5 Å². The molecule has 0 bridgehead atoms. The van der Waals surface area contributed by atoms with Gasteiger partial charge in [-0.1, -0.05) is 0 Å². The van der Waals surface area contributed by atoms with Crippen molar-refractivity contribution in [3.63, 3.8) is 0 Å². The molecule has 0 aromatic carbocycles. The van der Waals surface area contributed by atoms with E-state index in [1.54, 1.807) is 12.4 Å². The maximum atomic E-state index is 11.4. The molecule has 0 spiro atoms. The minimum atomic E-state index is -0.870. The summed E-state index contributed by atoms with van der Waals surface area (Å²) in [6.45, 7) is 0.468. The Labute approximate surface area is 99.4 Å². The second-order valence-corrected chi connectivity index (χ2v) is 3.67. The molecule has 5 N–H and O–H groups in total. The summed E-state index contributed by atoms with van der Waals surface area (Å²) in [5, 5.41) is 2.64. The van der Waals surface area contributed by atoms with Gasteiger partial charge >= 0.3 is 0 Å². The minimum Gasteiger partial charge on any atom is -0.370 e. The number of primary amides is 1. The predicted molar refractivity (Wildman–Crippen MR) is 62.7 cm³/mol. The highest BCUT2D eigenvalue weighted by atomic mass is 16.2. The molecule has 0 aliphatic rings. The van der Waals surface area contributed by atoms with Crippen LogP contribution >= 0.6 is 0 Å². The summed E-state index contributed by atoms with van der Waals surface area (Å²) < 4.78 is 0. The molecule has 17 heavy (non-hydrogen) atoms. The van der Waals surface area contributed by atoms with E-state index in [2.05, 4.69) is 10.3 Å². The summed E-state index contributed by atoms with van der Waals surface area (Å²) in [6, 6.07) is 2.87. The number of nitrogens with zero attached hydrogens (tertiary/aromatic N) is 1. The van der Waals surface area contributed by atoms with Crippen molar-refractivity contribution in [1.82, 2.24) is 10.3 Å². The third-order valence-electron chi connectivity index (χ3n) is 2.22. The molecule has 0 radical (unpaired) electrons. The van der Waals surface area contributed by atoms with Gasteiger partial charge in [0.25, 0.3) is 0 Å². The van der Waals surface area contributed by atoms with Gasteiger partial charge in [-0.3, -0.25) is 14.6 Å². The lowest BCUT2D eigenvalue weighted by molar-refractivity contribution is -0.126. The van der Waals surface area contributed by atoms with E-state index in [0.717, 1.165) is 5.56 Å². The van der Waals surface area contributed by atoms with Gasteiger partial charge in [0, 0.05) is 18.9 Å². The summed E-state index contributed by atoms with van der Waals surface area (Å²) in [5.41, 5.74) is 11.5. The molecule has 6 heteroatoms. The van der Waals surface area contributed by atoms with Gasteiger partial charge in [-0.25, -0.2) is 0 Å². The van der Waals surface area contributed by atoms with Crippen LogP contribution in [0.25, 0.3) is 0 Å². The van der Waals surface area contributed by atoms with Crippen LogP contribution in [0.5, 0.6) is 0 Å². The first-order valence-corrected chi connectivity index (χ1v) is 5.30. The van der Waals surface area contributed by atoms with Crippen LogP contribution in [0.1, 0.15) is 12.0 Å². The summed E-state index contributed by atoms with van der Waals surface area (Å²) in [4.78, 5) is 25.9. The van der Waals surface area contributed by atoms with Gasteiger partial charge in [0.05, 0.1) is 12.5 Å². The van der Waals surface area contributed by atoms with E-state index >= 15 is 0 Å².